The first-order valence-electron chi connectivity index (χ1n) is 8.95. The molecule has 9 heteroatoms. The van der Waals surface area contributed by atoms with E-state index in [0.717, 1.165) is 5.56 Å². The summed E-state index contributed by atoms with van der Waals surface area (Å²) in [5.74, 6) is -0.983. The van der Waals surface area contributed by atoms with Gasteiger partial charge < -0.3 is 10.6 Å². The molecule has 0 spiro atoms. The number of hydrogen-bond donors (Lipinski definition) is 4. The summed E-state index contributed by atoms with van der Waals surface area (Å²) in [6, 6.07) is 8.26. The van der Waals surface area contributed by atoms with Crippen molar-refractivity contribution in [3.63, 3.8) is 0 Å². The van der Waals surface area contributed by atoms with E-state index in [4.69, 9.17) is 0 Å². The Morgan fingerprint density at radius 3 is 2.39 bits per heavy atom. The van der Waals surface area contributed by atoms with Crippen molar-refractivity contribution >= 4 is 11.8 Å². The van der Waals surface area contributed by atoms with Crippen molar-refractivity contribution in [1.82, 2.24) is 25.8 Å². The van der Waals surface area contributed by atoms with Crippen molar-refractivity contribution in [2.75, 3.05) is 0 Å². The lowest BCUT2D eigenvalue weighted by Crippen LogP contribution is -2.54. The Labute approximate surface area is 163 Å². The maximum absolute atomic E-state index is 12.8. The van der Waals surface area contributed by atoms with Gasteiger partial charge in [-0.1, -0.05) is 44.2 Å². The summed E-state index contributed by atoms with van der Waals surface area (Å²) in [5, 5.41) is 24.0. The highest BCUT2D eigenvalue weighted by molar-refractivity contribution is 5.96. The molecule has 2 aromatic rings. The Balaban J connectivity index is 2.16. The second-order valence-corrected chi connectivity index (χ2v) is 6.78. The fourth-order valence-electron chi connectivity index (χ4n) is 2.63. The van der Waals surface area contributed by atoms with Gasteiger partial charge in [-0.3, -0.25) is 25.0 Å². The summed E-state index contributed by atoms with van der Waals surface area (Å²) in [5.41, 5.74) is 0.922. The van der Waals surface area contributed by atoms with Gasteiger partial charge in [0.1, 0.15) is 17.9 Å². The van der Waals surface area contributed by atoms with E-state index in [1.165, 1.54) is 18.6 Å². The molecule has 0 aliphatic rings. The van der Waals surface area contributed by atoms with E-state index in [9.17, 15) is 20.0 Å². The summed E-state index contributed by atoms with van der Waals surface area (Å²) < 4.78 is 0. The molecule has 1 aromatic heterocycles. The van der Waals surface area contributed by atoms with E-state index in [0.29, 0.717) is 6.42 Å². The fraction of sp³-hybridized carbons (Fsp3) is 0.368. The third kappa shape index (κ3) is 6.69. The molecule has 0 aliphatic heterocycles. The van der Waals surface area contributed by atoms with E-state index >= 15 is 0 Å². The highest BCUT2D eigenvalue weighted by atomic mass is 16.8. The van der Waals surface area contributed by atoms with Crippen LogP contribution in [0.15, 0.2) is 48.9 Å². The molecule has 28 heavy (non-hydrogen) atoms. The average Bonchev–Trinajstić information content (AvgIpc) is 2.68. The minimum atomic E-state index is -1.00. The number of benzene rings is 1. The summed E-state index contributed by atoms with van der Waals surface area (Å²) in [6.45, 7) is 3.78. The summed E-state index contributed by atoms with van der Waals surface area (Å²) in [6.07, 6.45) is 3.67. The number of amides is 2. The number of nitrogens with zero attached hydrogens (tertiary/aromatic N) is 3. The van der Waals surface area contributed by atoms with E-state index in [1.54, 1.807) is 0 Å². The van der Waals surface area contributed by atoms with Gasteiger partial charge in [0.25, 0.3) is 5.91 Å². The van der Waals surface area contributed by atoms with Crippen LogP contribution in [0.5, 0.6) is 0 Å². The summed E-state index contributed by atoms with van der Waals surface area (Å²) in [4.78, 5) is 33.0. The maximum atomic E-state index is 12.8. The zero-order chi connectivity index (χ0) is 20.5. The van der Waals surface area contributed by atoms with Crippen LogP contribution < -0.4 is 10.6 Å². The van der Waals surface area contributed by atoms with E-state index in [2.05, 4.69) is 20.6 Å². The molecule has 1 heterocycles. The molecule has 0 saturated carbocycles. The zero-order valence-corrected chi connectivity index (χ0v) is 15.8. The minimum absolute atomic E-state index is 0.0258. The molecule has 0 radical (unpaired) electrons. The maximum Gasteiger partial charge on any atom is 0.272 e. The highest BCUT2D eigenvalue weighted by Gasteiger charge is 2.27. The summed E-state index contributed by atoms with van der Waals surface area (Å²) in [7, 11) is 0. The molecular weight excluding hydrogens is 362 g/mol. The molecule has 0 fully saturated rings. The average molecular weight is 387 g/mol. The zero-order valence-electron chi connectivity index (χ0n) is 15.8. The Hall–Kier alpha value is -2.88. The van der Waals surface area contributed by atoms with E-state index < -0.39 is 24.0 Å². The van der Waals surface area contributed by atoms with Gasteiger partial charge in [-0.2, -0.15) is 0 Å². The number of hydroxylamine groups is 2. The van der Waals surface area contributed by atoms with Gasteiger partial charge in [-0.15, -0.1) is 0 Å². The molecule has 2 amide bonds. The lowest BCUT2D eigenvalue weighted by molar-refractivity contribution is -0.337. The van der Waals surface area contributed by atoms with Crippen LogP contribution in [0.25, 0.3) is 0 Å². The first-order chi connectivity index (χ1) is 13.4. The van der Waals surface area contributed by atoms with Crippen molar-refractivity contribution in [3.05, 3.63) is 60.2 Å². The standard InChI is InChI=1S/C19H25N5O4/c1-13(2)10-17(24(27)28)23-18(25)15(11-14-6-4-3-5-7-14)22-19(26)16-12-20-8-9-21-16/h3-9,12-13,15,17,27-28H,10-11H2,1-2H3,(H,22,26)(H,23,25)/t15?,17-/m1/s1. The monoisotopic (exact) mass is 387 g/mol. The predicted octanol–water partition coefficient (Wildman–Crippen LogP) is 1.39. The summed E-state index contributed by atoms with van der Waals surface area (Å²) >= 11 is 0. The lowest BCUT2D eigenvalue weighted by atomic mass is 10.0. The van der Waals surface area contributed by atoms with E-state index in [-0.39, 0.29) is 23.3 Å². The largest absolute Gasteiger partial charge is 0.339 e. The number of hydrogen-bond acceptors (Lipinski definition) is 7. The molecule has 0 aliphatic carbocycles. The van der Waals surface area contributed by atoms with Gasteiger partial charge in [-0.05, 0) is 23.1 Å². The molecule has 4 N–H and O–H groups in total. The quantitative estimate of drug-likeness (QED) is 0.378. The fourth-order valence-corrected chi connectivity index (χ4v) is 2.63. The van der Waals surface area contributed by atoms with Crippen molar-refractivity contribution < 1.29 is 20.0 Å². The minimum Gasteiger partial charge on any atom is -0.339 e. The molecule has 0 saturated heterocycles. The van der Waals surface area contributed by atoms with Crippen molar-refractivity contribution in [2.45, 2.75) is 38.9 Å². The highest BCUT2D eigenvalue weighted by Crippen LogP contribution is 2.09. The van der Waals surface area contributed by atoms with Crippen molar-refractivity contribution in [2.24, 2.45) is 5.92 Å². The van der Waals surface area contributed by atoms with Crippen LogP contribution >= 0.6 is 0 Å². The Kier molecular flexibility index (Phi) is 8.00. The molecule has 0 bridgehead atoms. The third-order valence-corrected chi connectivity index (χ3v) is 3.98. The first-order valence-corrected chi connectivity index (χ1v) is 8.95. The number of carbonyl (C=O) groups is 2. The van der Waals surface area contributed by atoms with Crippen molar-refractivity contribution in [3.8, 4) is 0 Å². The van der Waals surface area contributed by atoms with E-state index in [1.807, 2.05) is 44.2 Å². The van der Waals surface area contributed by atoms with Crippen LogP contribution in [0.3, 0.4) is 0 Å². The Bertz CT molecular complexity index is 755. The Morgan fingerprint density at radius 1 is 1.11 bits per heavy atom. The van der Waals surface area contributed by atoms with Crippen LogP contribution in [0.4, 0.5) is 0 Å². The van der Waals surface area contributed by atoms with Gasteiger partial charge >= 0.3 is 0 Å². The molecule has 1 unspecified atom stereocenters. The normalized spacial score (nSPS) is 13.2. The molecule has 2 rings (SSSR count). The third-order valence-electron chi connectivity index (χ3n) is 3.98. The first kappa shape index (κ1) is 21.4. The van der Waals surface area contributed by atoms with Gasteiger partial charge in [0.15, 0.2) is 0 Å². The molecule has 150 valence electrons. The van der Waals surface area contributed by atoms with Gasteiger partial charge in [-0.25, -0.2) is 4.98 Å². The Morgan fingerprint density at radius 2 is 1.82 bits per heavy atom. The van der Waals surface area contributed by atoms with Gasteiger partial charge in [0.2, 0.25) is 5.91 Å². The van der Waals surface area contributed by atoms with Crippen LogP contribution in [-0.2, 0) is 11.2 Å². The molecule has 9 nitrogen and oxygen atoms in total. The SMILES string of the molecule is CC(C)C[C@H](NC(=O)C(Cc1ccccc1)NC(=O)c1cnccn1)N(O)O. The molecular formula is C19H25N5O4. The predicted molar refractivity (Wildman–Crippen MR) is 100 cm³/mol. The topological polar surface area (TPSA) is 128 Å². The lowest BCUT2D eigenvalue weighted by Gasteiger charge is -2.26. The van der Waals surface area contributed by atoms with Crippen LogP contribution in [0, 0.1) is 5.92 Å². The van der Waals surface area contributed by atoms with Crippen LogP contribution in [-0.4, -0.2) is 49.6 Å². The number of rotatable bonds is 9. The van der Waals surface area contributed by atoms with Crippen molar-refractivity contribution in [1.29, 1.82) is 0 Å². The second-order valence-electron chi connectivity index (χ2n) is 6.78. The van der Waals surface area contributed by atoms with Gasteiger partial charge in [0.05, 0.1) is 6.20 Å². The second kappa shape index (κ2) is 10.5. The molecule has 2 atom stereocenters. The number of carbonyl (C=O) groups excluding carboxylic acids is 2. The van der Waals surface area contributed by atoms with Crippen LogP contribution in [0.2, 0.25) is 0 Å². The van der Waals surface area contributed by atoms with Gasteiger partial charge in [0, 0.05) is 18.8 Å². The number of nitrogens with one attached hydrogen (secondary N) is 2. The smallest absolute Gasteiger partial charge is 0.272 e. The van der Waals surface area contributed by atoms with Crippen LogP contribution in [0.1, 0.15) is 36.3 Å². The number of aromatic nitrogens is 2. The molecule has 1 aromatic carbocycles.